The first-order chi connectivity index (χ1) is 12.7. The first-order valence-electron chi connectivity index (χ1n) is 8.58. The maximum Gasteiger partial charge on any atom is 0.411 e. The number of nitrogens with zero attached hydrogens (tertiary/aromatic N) is 2. The highest BCUT2D eigenvalue weighted by molar-refractivity contribution is 7.99. The minimum Gasteiger partial charge on any atom is -0.444 e. The summed E-state index contributed by atoms with van der Waals surface area (Å²) in [4.78, 5) is 41.5. The number of hydrogen-bond acceptors (Lipinski definition) is 9. The van der Waals surface area contributed by atoms with Gasteiger partial charge in [-0.3, -0.25) is 9.69 Å². The van der Waals surface area contributed by atoms with Crippen molar-refractivity contribution in [2.24, 2.45) is 0 Å². The van der Waals surface area contributed by atoms with Crippen LogP contribution in [0.4, 0.5) is 4.79 Å². The van der Waals surface area contributed by atoms with Gasteiger partial charge in [0.05, 0.1) is 25.1 Å². The first-order valence-corrected chi connectivity index (χ1v) is 9.73. The van der Waals surface area contributed by atoms with Gasteiger partial charge in [-0.25, -0.2) is 4.79 Å². The second-order valence-electron chi connectivity index (χ2n) is 7.54. The fourth-order valence-electron chi connectivity index (χ4n) is 3.23. The number of thioether (sulfide) groups is 1. The summed E-state index contributed by atoms with van der Waals surface area (Å²) in [6.07, 6.45) is -2.49. The molecule has 2 amide bonds. The molecule has 3 heterocycles. The van der Waals surface area contributed by atoms with Crippen molar-refractivity contribution < 1.29 is 33.7 Å². The van der Waals surface area contributed by atoms with E-state index in [2.05, 4.69) is 10.2 Å². The molecule has 3 aliphatic rings. The third-order valence-electron chi connectivity index (χ3n) is 4.37. The Bertz CT molecular complexity index is 612. The minimum atomic E-state index is -0.875. The number of amides is 2. The highest BCUT2D eigenvalue weighted by atomic mass is 32.2. The van der Waals surface area contributed by atoms with Crippen molar-refractivity contribution in [2.45, 2.75) is 56.8 Å². The van der Waals surface area contributed by atoms with Gasteiger partial charge in [-0.2, -0.15) is 0 Å². The summed E-state index contributed by atoms with van der Waals surface area (Å²) in [6, 6.07) is -1.12. The smallest absolute Gasteiger partial charge is 0.411 e. The lowest BCUT2D eigenvalue weighted by Crippen LogP contribution is -2.53. The summed E-state index contributed by atoms with van der Waals surface area (Å²) in [7, 11) is 0. The first kappa shape index (κ1) is 20.0. The molecule has 0 aromatic rings. The monoisotopic (exact) mass is 405 g/mol. The van der Waals surface area contributed by atoms with Gasteiger partial charge in [-0.15, -0.1) is 21.9 Å². The second-order valence-corrected chi connectivity index (χ2v) is 8.54. The van der Waals surface area contributed by atoms with Crippen LogP contribution in [0.3, 0.4) is 0 Å². The van der Waals surface area contributed by atoms with Crippen molar-refractivity contribution in [1.29, 1.82) is 0 Å². The van der Waals surface area contributed by atoms with Gasteiger partial charge >= 0.3 is 6.09 Å². The molecule has 3 saturated heterocycles. The fourth-order valence-corrected chi connectivity index (χ4v) is 4.37. The zero-order valence-electron chi connectivity index (χ0n) is 15.3. The van der Waals surface area contributed by atoms with Crippen LogP contribution in [0.5, 0.6) is 0 Å². The van der Waals surface area contributed by atoms with Crippen LogP contribution in [0.1, 0.15) is 20.8 Å². The largest absolute Gasteiger partial charge is 0.444 e. The minimum absolute atomic E-state index is 0.0198. The number of carbonyl (C=O) groups is 2. The average Bonchev–Trinajstić information content (AvgIpc) is 3.23. The highest BCUT2D eigenvalue weighted by Crippen LogP contribution is 2.30. The average molecular weight is 405 g/mol. The van der Waals surface area contributed by atoms with Gasteiger partial charge in [-0.1, -0.05) is 0 Å². The quantitative estimate of drug-likeness (QED) is 0.513. The molecule has 0 aliphatic carbocycles. The summed E-state index contributed by atoms with van der Waals surface area (Å²) >= 11 is 1.46. The molecule has 0 spiro atoms. The molecule has 0 bridgehead atoms. The van der Waals surface area contributed by atoms with E-state index in [1.165, 1.54) is 16.7 Å². The van der Waals surface area contributed by atoms with Crippen LogP contribution in [0.2, 0.25) is 0 Å². The van der Waals surface area contributed by atoms with Crippen molar-refractivity contribution in [3.63, 3.8) is 0 Å². The molecule has 0 saturated carbocycles. The van der Waals surface area contributed by atoms with Gasteiger partial charge in [0.2, 0.25) is 5.91 Å². The van der Waals surface area contributed by atoms with Crippen LogP contribution in [-0.2, 0) is 23.8 Å². The van der Waals surface area contributed by atoms with Gasteiger partial charge < -0.3 is 24.4 Å². The molecule has 5 atom stereocenters. The van der Waals surface area contributed by atoms with Crippen LogP contribution >= 0.6 is 11.8 Å². The number of nitrogens with one attached hydrogen (secondary N) is 1. The van der Waals surface area contributed by atoms with Crippen LogP contribution < -0.4 is 5.32 Å². The highest BCUT2D eigenvalue weighted by Gasteiger charge is 2.50. The molecule has 3 aliphatic heterocycles. The molecule has 3 fully saturated rings. The molecule has 0 aromatic heterocycles. The van der Waals surface area contributed by atoms with Crippen LogP contribution in [0.25, 0.3) is 0 Å². The zero-order chi connectivity index (χ0) is 19.8. The SMILES string of the molecule is CC(C)(C)OC(=O)N1CSC[C@@H]1C(=O)N[C@H]1CO[C@H]2[C@@H]1OC[C@@H]2O[N+](=O)[O-]. The number of fused-ring (bicyclic) bond motifs is 1. The Morgan fingerprint density at radius 1 is 1.26 bits per heavy atom. The molecule has 0 unspecified atom stereocenters. The Morgan fingerprint density at radius 3 is 2.63 bits per heavy atom. The van der Waals surface area contributed by atoms with E-state index >= 15 is 0 Å². The molecule has 3 rings (SSSR count). The van der Waals surface area contributed by atoms with E-state index in [0.29, 0.717) is 11.6 Å². The Hall–Kier alpha value is -1.79. The van der Waals surface area contributed by atoms with Crippen molar-refractivity contribution >= 4 is 23.8 Å². The molecular formula is C15H23N3O8S. The molecule has 1 N–H and O–H groups in total. The fraction of sp³-hybridized carbons (Fsp3) is 0.867. The number of rotatable bonds is 4. The number of hydrogen-bond donors (Lipinski definition) is 1. The topological polar surface area (TPSA) is 129 Å². The van der Waals surface area contributed by atoms with Gasteiger partial charge in [0, 0.05) is 5.75 Å². The van der Waals surface area contributed by atoms with Crippen LogP contribution in [0, 0.1) is 10.1 Å². The second kappa shape index (κ2) is 7.68. The summed E-state index contributed by atoms with van der Waals surface area (Å²) in [5.74, 6) is 0.498. The van der Waals surface area contributed by atoms with Gasteiger partial charge in [0.25, 0.3) is 5.09 Å². The predicted octanol–water partition coefficient (Wildman–Crippen LogP) is 0.156. The summed E-state index contributed by atoms with van der Waals surface area (Å²) in [6.45, 7) is 5.47. The van der Waals surface area contributed by atoms with E-state index in [0.717, 1.165) is 0 Å². The van der Waals surface area contributed by atoms with E-state index in [1.54, 1.807) is 20.8 Å². The van der Waals surface area contributed by atoms with Gasteiger partial charge in [0.1, 0.15) is 23.9 Å². The maximum absolute atomic E-state index is 12.7. The summed E-state index contributed by atoms with van der Waals surface area (Å²) in [5.41, 5.74) is -0.651. The molecular weight excluding hydrogens is 382 g/mol. The standard InChI is InChI=1S/C15H23N3O8S/c1-15(2,3)25-14(20)17-7-27-6-9(17)13(19)16-8-4-23-12-10(26-18(21)22)5-24-11(8)12/h8-12H,4-7H2,1-3H3,(H,16,19)/t8-,9+,10-,11+,12+/m0/s1. The number of carbonyl (C=O) groups excluding carboxylic acids is 2. The van der Waals surface area contributed by atoms with Crippen molar-refractivity contribution in [3.8, 4) is 0 Å². The molecule has 12 heteroatoms. The van der Waals surface area contributed by atoms with Crippen molar-refractivity contribution in [1.82, 2.24) is 10.2 Å². The Kier molecular flexibility index (Phi) is 5.68. The molecule has 11 nitrogen and oxygen atoms in total. The predicted molar refractivity (Wildman–Crippen MR) is 92.5 cm³/mol. The lowest BCUT2D eigenvalue weighted by atomic mass is 10.1. The normalized spacial score (nSPS) is 32.9. The third kappa shape index (κ3) is 4.55. The van der Waals surface area contributed by atoms with E-state index in [1.807, 2.05) is 0 Å². The Morgan fingerprint density at radius 2 is 1.96 bits per heavy atom. The van der Waals surface area contributed by atoms with E-state index < -0.39 is 47.2 Å². The van der Waals surface area contributed by atoms with Gasteiger partial charge in [0.15, 0.2) is 6.10 Å². The van der Waals surface area contributed by atoms with Crippen molar-refractivity contribution in [2.75, 3.05) is 24.8 Å². The van der Waals surface area contributed by atoms with Gasteiger partial charge in [-0.05, 0) is 20.8 Å². The lowest BCUT2D eigenvalue weighted by molar-refractivity contribution is -0.769. The van der Waals surface area contributed by atoms with E-state index in [9.17, 15) is 19.7 Å². The molecule has 152 valence electrons. The summed E-state index contributed by atoms with van der Waals surface area (Å²) in [5, 5.41) is 12.5. The molecule has 0 radical (unpaired) electrons. The summed E-state index contributed by atoms with van der Waals surface area (Å²) < 4.78 is 16.4. The maximum atomic E-state index is 12.7. The number of ether oxygens (including phenoxy) is 3. The molecule has 27 heavy (non-hydrogen) atoms. The van der Waals surface area contributed by atoms with Crippen molar-refractivity contribution in [3.05, 3.63) is 10.1 Å². The van der Waals surface area contributed by atoms with E-state index in [-0.39, 0.29) is 19.1 Å². The zero-order valence-corrected chi connectivity index (χ0v) is 16.1. The lowest BCUT2D eigenvalue weighted by Gasteiger charge is -2.28. The Balaban J connectivity index is 1.57. The Labute approximate surface area is 160 Å². The molecule has 0 aromatic carbocycles. The van der Waals surface area contributed by atoms with Crippen LogP contribution in [-0.4, -0.2) is 82.8 Å². The van der Waals surface area contributed by atoms with Crippen LogP contribution in [0.15, 0.2) is 0 Å². The third-order valence-corrected chi connectivity index (χ3v) is 5.38. The van der Waals surface area contributed by atoms with E-state index in [4.69, 9.17) is 14.2 Å².